The van der Waals surface area contributed by atoms with Gasteiger partial charge in [0.1, 0.15) is 5.78 Å². The van der Waals surface area contributed by atoms with Crippen LogP contribution in [-0.2, 0) is 4.79 Å². The summed E-state index contributed by atoms with van der Waals surface area (Å²) in [6, 6.07) is 0.0469. The minimum atomic E-state index is 0.0469. The molecule has 2 heteroatoms. The van der Waals surface area contributed by atoms with Crippen molar-refractivity contribution in [1.82, 2.24) is 5.32 Å². The van der Waals surface area contributed by atoms with Crippen LogP contribution in [0.1, 0.15) is 39.0 Å². The summed E-state index contributed by atoms with van der Waals surface area (Å²) in [5, 5.41) is 2.99. The zero-order valence-corrected chi connectivity index (χ0v) is 8.10. The molecule has 0 bridgehead atoms. The van der Waals surface area contributed by atoms with Crippen LogP contribution in [0.2, 0.25) is 0 Å². The summed E-state index contributed by atoms with van der Waals surface area (Å²) in [6.45, 7) is 1.94. The summed E-state index contributed by atoms with van der Waals surface area (Å²) in [5.41, 5.74) is 0. The second kappa shape index (κ2) is 4.61. The Morgan fingerprint density at radius 3 is 2.58 bits per heavy atom. The summed E-state index contributed by atoms with van der Waals surface area (Å²) in [7, 11) is 1.84. The lowest BCUT2D eigenvalue weighted by atomic mass is 9.98. The molecule has 1 unspecified atom stereocenters. The highest BCUT2D eigenvalue weighted by atomic mass is 16.1. The molecule has 0 aromatic heterocycles. The molecule has 1 rings (SSSR count). The van der Waals surface area contributed by atoms with E-state index in [4.69, 9.17) is 0 Å². The van der Waals surface area contributed by atoms with Gasteiger partial charge in [0.15, 0.2) is 0 Å². The molecule has 1 atom stereocenters. The Kier molecular flexibility index (Phi) is 3.73. The lowest BCUT2D eigenvalue weighted by Gasteiger charge is -2.12. The second-order valence-electron chi connectivity index (χ2n) is 3.83. The lowest BCUT2D eigenvalue weighted by molar-refractivity contribution is -0.121. The summed E-state index contributed by atoms with van der Waals surface area (Å²) < 4.78 is 0. The van der Waals surface area contributed by atoms with Crippen molar-refractivity contribution in [2.45, 2.75) is 45.1 Å². The van der Waals surface area contributed by atoms with Crippen LogP contribution < -0.4 is 5.32 Å². The molecular formula is C10H19NO. The number of carbonyl (C=O) groups excluding carboxylic acids is 1. The molecule has 70 valence electrons. The van der Waals surface area contributed by atoms with Crippen molar-refractivity contribution in [1.29, 1.82) is 0 Å². The van der Waals surface area contributed by atoms with Crippen molar-refractivity contribution in [2.24, 2.45) is 5.92 Å². The summed E-state index contributed by atoms with van der Waals surface area (Å²) >= 11 is 0. The molecule has 0 heterocycles. The van der Waals surface area contributed by atoms with Gasteiger partial charge in [-0.3, -0.25) is 4.79 Å². The fourth-order valence-electron chi connectivity index (χ4n) is 1.84. The fourth-order valence-corrected chi connectivity index (χ4v) is 1.84. The minimum Gasteiger partial charge on any atom is -0.311 e. The number of Topliss-reactive ketones (excluding diaryl/α,β-unsaturated/α-hetero) is 1. The standard InChI is InChI=1S/C10H19NO/c1-8(11-2)10(12)7-9-5-3-4-6-9/h8-9,11H,3-7H2,1-2H3. The third kappa shape index (κ3) is 2.59. The van der Waals surface area contributed by atoms with Gasteiger partial charge in [-0.1, -0.05) is 25.7 Å². The van der Waals surface area contributed by atoms with Crippen LogP contribution in [0.3, 0.4) is 0 Å². The van der Waals surface area contributed by atoms with E-state index in [1.54, 1.807) is 0 Å². The van der Waals surface area contributed by atoms with Gasteiger partial charge >= 0.3 is 0 Å². The molecule has 1 N–H and O–H groups in total. The normalized spacial score (nSPS) is 21.2. The summed E-state index contributed by atoms with van der Waals surface area (Å²) in [6.07, 6.45) is 5.98. The highest BCUT2D eigenvalue weighted by Gasteiger charge is 2.20. The molecular weight excluding hydrogens is 150 g/mol. The van der Waals surface area contributed by atoms with Gasteiger partial charge in [0.2, 0.25) is 0 Å². The second-order valence-corrected chi connectivity index (χ2v) is 3.83. The summed E-state index contributed by atoms with van der Waals surface area (Å²) in [5.74, 6) is 1.07. The van der Waals surface area contributed by atoms with E-state index in [0.717, 1.165) is 6.42 Å². The fraction of sp³-hybridized carbons (Fsp3) is 0.900. The Morgan fingerprint density at radius 2 is 2.08 bits per heavy atom. The van der Waals surface area contributed by atoms with E-state index in [9.17, 15) is 4.79 Å². The van der Waals surface area contributed by atoms with Crippen LogP contribution in [0.25, 0.3) is 0 Å². The Morgan fingerprint density at radius 1 is 1.50 bits per heavy atom. The molecule has 1 fully saturated rings. The quantitative estimate of drug-likeness (QED) is 0.694. The molecule has 0 spiro atoms. The predicted octanol–water partition coefficient (Wildman–Crippen LogP) is 1.74. The number of rotatable bonds is 4. The Bertz CT molecular complexity index is 150. The monoisotopic (exact) mass is 169 g/mol. The highest BCUT2D eigenvalue weighted by molar-refractivity contribution is 5.83. The van der Waals surface area contributed by atoms with Crippen molar-refractivity contribution in [3.63, 3.8) is 0 Å². The predicted molar refractivity (Wildman–Crippen MR) is 50.1 cm³/mol. The molecule has 0 radical (unpaired) electrons. The Hall–Kier alpha value is -0.370. The van der Waals surface area contributed by atoms with Gasteiger partial charge in [0, 0.05) is 6.42 Å². The first-order valence-electron chi connectivity index (χ1n) is 4.94. The molecule has 0 saturated heterocycles. The zero-order valence-electron chi connectivity index (χ0n) is 8.10. The molecule has 1 aliphatic carbocycles. The van der Waals surface area contributed by atoms with Crippen molar-refractivity contribution in [2.75, 3.05) is 7.05 Å². The third-order valence-corrected chi connectivity index (χ3v) is 2.88. The van der Waals surface area contributed by atoms with Crippen molar-refractivity contribution < 1.29 is 4.79 Å². The average molecular weight is 169 g/mol. The van der Waals surface area contributed by atoms with Gasteiger partial charge in [-0.05, 0) is 19.9 Å². The number of hydrogen-bond acceptors (Lipinski definition) is 2. The Balaban J connectivity index is 2.25. The number of nitrogens with one attached hydrogen (secondary N) is 1. The van der Waals surface area contributed by atoms with Crippen LogP contribution in [-0.4, -0.2) is 18.9 Å². The SMILES string of the molecule is CNC(C)C(=O)CC1CCCC1. The Labute approximate surface area is 74.7 Å². The third-order valence-electron chi connectivity index (χ3n) is 2.88. The zero-order chi connectivity index (χ0) is 8.97. The lowest BCUT2D eigenvalue weighted by Crippen LogP contribution is -2.31. The van der Waals surface area contributed by atoms with Crippen LogP contribution in [0, 0.1) is 5.92 Å². The first-order chi connectivity index (χ1) is 5.74. The first kappa shape index (κ1) is 9.72. The van der Waals surface area contributed by atoms with Gasteiger partial charge < -0.3 is 5.32 Å². The van der Waals surface area contributed by atoms with Crippen LogP contribution >= 0.6 is 0 Å². The van der Waals surface area contributed by atoms with E-state index in [-0.39, 0.29) is 6.04 Å². The van der Waals surface area contributed by atoms with Gasteiger partial charge in [0.05, 0.1) is 6.04 Å². The number of ketones is 1. The van der Waals surface area contributed by atoms with E-state index in [0.29, 0.717) is 11.7 Å². The molecule has 1 saturated carbocycles. The molecule has 0 aromatic rings. The smallest absolute Gasteiger partial charge is 0.149 e. The van der Waals surface area contributed by atoms with E-state index >= 15 is 0 Å². The van der Waals surface area contributed by atoms with E-state index < -0.39 is 0 Å². The van der Waals surface area contributed by atoms with Crippen molar-refractivity contribution >= 4 is 5.78 Å². The van der Waals surface area contributed by atoms with E-state index in [1.165, 1.54) is 25.7 Å². The maximum Gasteiger partial charge on any atom is 0.149 e. The summed E-state index contributed by atoms with van der Waals surface area (Å²) in [4.78, 5) is 11.5. The first-order valence-corrected chi connectivity index (χ1v) is 4.94. The molecule has 0 aromatic carbocycles. The van der Waals surface area contributed by atoms with E-state index in [1.807, 2.05) is 14.0 Å². The van der Waals surface area contributed by atoms with Crippen molar-refractivity contribution in [3.05, 3.63) is 0 Å². The topological polar surface area (TPSA) is 29.1 Å². The molecule has 0 amide bonds. The van der Waals surface area contributed by atoms with Gasteiger partial charge in [-0.25, -0.2) is 0 Å². The van der Waals surface area contributed by atoms with Gasteiger partial charge in [0.25, 0.3) is 0 Å². The largest absolute Gasteiger partial charge is 0.311 e. The average Bonchev–Trinajstić information content (AvgIpc) is 2.55. The number of hydrogen-bond donors (Lipinski definition) is 1. The minimum absolute atomic E-state index is 0.0469. The molecule has 1 aliphatic rings. The number of likely N-dealkylation sites (N-methyl/N-ethyl adjacent to an activating group) is 1. The van der Waals surface area contributed by atoms with Gasteiger partial charge in [-0.2, -0.15) is 0 Å². The van der Waals surface area contributed by atoms with Gasteiger partial charge in [-0.15, -0.1) is 0 Å². The van der Waals surface area contributed by atoms with Crippen LogP contribution in [0.15, 0.2) is 0 Å². The highest BCUT2D eigenvalue weighted by Crippen LogP contribution is 2.27. The van der Waals surface area contributed by atoms with Crippen LogP contribution in [0.4, 0.5) is 0 Å². The molecule has 2 nitrogen and oxygen atoms in total. The molecule has 12 heavy (non-hydrogen) atoms. The molecule has 0 aliphatic heterocycles. The van der Waals surface area contributed by atoms with Crippen LogP contribution in [0.5, 0.6) is 0 Å². The van der Waals surface area contributed by atoms with E-state index in [2.05, 4.69) is 5.32 Å². The number of carbonyl (C=O) groups is 1. The maximum absolute atomic E-state index is 11.5. The van der Waals surface area contributed by atoms with Crippen molar-refractivity contribution in [3.8, 4) is 0 Å². The maximum atomic E-state index is 11.5.